The number of carboxylic acid groups (broad SMARTS) is 1. The maximum atomic E-state index is 14.2. The molecule has 0 bridgehead atoms. The molecule has 0 unspecified atom stereocenters. The number of amides is 1. The van der Waals surface area contributed by atoms with Gasteiger partial charge in [-0.3, -0.25) is 9.59 Å². The van der Waals surface area contributed by atoms with Crippen molar-refractivity contribution in [3.63, 3.8) is 0 Å². The van der Waals surface area contributed by atoms with Crippen molar-refractivity contribution in [3.05, 3.63) is 35.1 Å². The number of carbonyl (C=O) groups excluding carboxylic acids is 2. The second kappa shape index (κ2) is 11.0. The van der Waals surface area contributed by atoms with Gasteiger partial charge in [-0.25, -0.2) is 9.18 Å². The zero-order chi connectivity index (χ0) is 24.2. The minimum absolute atomic E-state index is 0.00833. The number of nitrogens with two attached hydrogens (primary N) is 1. The number of Topliss-reactive ketones (excluding diaryl/α,β-unsaturated/α-hetero) is 1. The topological polar surface area (TPSA) is 101 Å². The summed E-state index contributed by atoms with van der Waals surface area (Å²) in [6.07, 6.45) is 10.2. The largest absolute Gasteiger partial charge is 0.478 e. The van der Waals surface area contributed by atoms with E-state index in [9.17, 15) is 18.8 Å². The molecule has 3 fully saturated rings. The van der Waals surface area contributed by atoms with E-state index < -0.39 is 23.4 Å². The smallest absolute Gasteiger partial charge is 0.338 e. The predicted octanol–water partition coefficient (Wildman–Crippen LogP) is 4.20. The molecule has 4 rings (SSSR count). The van der Waals surface area contributed by atoms with Gasteiger partial charge < -0.3 is 15.7 Å². The van der Waals surface area contributed by atoms with E-state index in [0.29, 0.717) is 30.5 Å². The first-order valence-corrected chi connectivity index (χ1v) is 12.9. The summed E-state index contributed by atoms with van der Waals surface area (Å²) in [4.78, 5) is 40.2. The number of likely N-dealkylation sites (tertiary alicyclic amines) is 1. The molecular formula is C27H37FN2O4. The van der Waals surface area contributed by atoms with Crippen LogP contribution in [0.2, 0.25) is 0 Å². The highest BCUT2D eigenvalue weighted by Gasteiger charge is 2.46. The summed E-state index contributed by atoms with van der Waals surface area (Å²) >= 11 is 0. The molecule has 34 heavy (non-hydrogen) atoms. The maximum Gasteiger partial charge on any atom is 0.338 e. The quantitative estimate of drug-likeness (QED) is 0.620. The molecule has 186 valence electrons. The van der Waals surface area contributed by atoms with Crippen molar-refractivity contribution < 1.29 is 23.9 Å². The Balaban J connectivity index is 1.53. The summed E-state index contributed by atoms with van der Waals surface area (Å²) in [5, 5.41) is 9.08. The molecule has 1 aliphatic heterocycles. The van der Waals surface area contributed by atoms with Gasteiger partial charge >= 0.3 is 5.97 Å². The number of ketones is 1. The zero-order valence-corrected chi connectivity index (χ0v) is 19.9. The number of carbonyl (C=O) groups is 3. The van der Waals surface area contributed by atoms with Crippen molar-refractivity contribution in [2.45, 2.75) is 76.7 Å². The van der Waals surface area contributed by atoms with Gasteiger partial charge in [0.15, 0.2) is 5.78 Å². The fourth-order valence-electron chi connectivity index (χ4n) is 6.56. The maximum absolute atomic E-state index is 14.2. The van der Waals surface area contributed by atoms with Gasteiger partial charge in [0.2, 0.25) is 5.91 Å². The van der Waals surface area contributed by atoms with Crippen molar-refractivity contribution >= 4 is 17.7 Å². The van der Waals surface area contributed by atoms with Crippen LogP contribution < -0.4 is 5.73 Å². The number of benzene rings is 1. The van der Waals surface area contributed by atoms with E-state index in [1.54, 1.807) is 0 Å². The van der Waals surface area contributed by atoms with Crippen LogP contribution in [0.3, 0.4) is 0 Å². The normalized spacial score (nSPS) is 28.1. The van der Waals surface area contributed by atoms with Gasteiger partial charge in [-0.2, -0.15) is 0 Å². The van der Waals surface area contributed by atoms with Crippen LogP contribution in [0.1, 0.15) is 80.1 Å². The summed E-state index contributed by atoms with van der Waals surface area (Å²) in [5.41, 5.74) is 5.88. The number of halogens is 1. The lowest BCUT2D eigenvalue weighted by Crippen LogP contribution is -2.48. The molecule has 1 heterocycles. The SMILES string of the molecule is NCC1CCC(C(=O)N2CC[C@@H](C3CCCCC3)[C@H]2C(=O)Cc2ccc(C(=O)O)c(F)c2)CC1. The van der Waals surface area contributed by atoms with Crippen LogP contribution in [0.4, 0.5) is 4.39 Å². The average Bonchev–Trinajstić information content (AvgIpc) is 3.29. The lowest BCUT2D eigenvalue weighted by Gasteiger charge is -2.36. The van der Waals surface area contributed by atoms with Crippen molar-refractivity contribution in [1.82, 2.24) is 4.90 Å². The van der Waals surface area contributed by atoms with Crippen molar-refractivity contribution in [1.29, 1.82) is 0 Å². The summed E-state index contributed by atoms with van der Waals surface area (Å²) in [6, 6.07) is 3.40. The Hall–Kier alpha value is -2.28. The first-order valence-electron chi connectivity index (χ1n) is 12.9. The molecule has 1 amide bonds. The van der Waals surface area contributed by atoms with Gasteiger partial charge in [-0.15, -0.1) is 0 Å². The first kappa shape index (κ1) is 24.8. The predicted molar refractivity (Wildman–Crippen MR) is 127 cm³/mol. The number of nitrogens with zero attached hydrogens (tertiary/aromatic N) is 1. The molecule has 6 nitrogen and oxygen atoms in total. The highest BCUT2D eigenvalue weighted by atomic mass is 19.1. The van der Waals surface area contributed by atoms with E-state index in [1.165, 1.54) is 31.4 Å². The van der Waals surface area contributed by atoms with Gasteiger partial charge in [0, 0.05) is 18.9 Å². The van der Waals surface area contributed by atoms with Crippen molar-refractivity contribution in [2.24, 2.45) is 29.4 Å². The molecule has 7 heteroatoms. The van der Waals surface area contributed by atoms with Gasteiger partial charge in [-0.05, 0) is 74.1 Å². The Bertz CT molecular complexity index is 906. The molecular weight excluding hydrogens is 435 g/mol. The average molecular weight is 473 g/mol. The third-order valence-corrected chi connectivity index (χ3v) is 8.48. The fraction of sp³-hybridized carbons (Fsp3) is 0.667. The Labute approximate surface area is 201 Å². The van der Waals surface area contributed by atoms with Crippen LogP contribution in [0.25, 0.3) is 0 Å². The first-order chi connectivity index (χ1) is 16.4. The molecule has 1 saturated heterocycles. The van der Waals surface area contributed by atoms with E-state index in [4.69, 9.17) is 10.8 Å². The lowest BCUT2D eigenvalue weighted by molar-refractivity contribution is -0.143. The molecule has 0 spiro atoms. The number of carboxylic acids is 1. The monoisotopic (exact) mass is 472 g/mol. The summed E-state index contributed by atoms with van der Waals surface area (Å²) in [6.45, 7) is 1.27. The Morgan fingerprint density at radius 1 is 1.00 bits per heavy atom. The van der Waals surface area contributed by atoms with E-state index in [1.807, 2.05) is 4.90 Å². The van der Waals surface area contributed by atoms with Gasteiger partial charge in [0.25, 0.3) is 0 Å². The van der Waals surface area contributed by atoms with Crippen LogP contribution in [0.5, 0.6) is 0 Å². The molecule has 2 atom stereocenters. The van der Waals surface area contributed by atoms with Crippen LogP contribution in [-0.2, 0) is 16.0 Å². The highest BCUT2D eigenvalue weighted by Crippen LogP contribution is 2.41. The van der Waals surface area contributed by atoms with E-state index in [0.717, 1.165) is 51.0 Å². The molecule has 1 aromatic carbocycles. The zero-order valence-electron chi connectivity index (χ0n) is 19.9. The molecule has 0 aromatic heterocycles. The van der Waals surface area contributed by atoms with Crippen LogP contribution in [-0.4, -0.2) is 46.8 Å². The minimum Gasteiger partial charge on any atom is -0.478 e. The second-order valence-corrected chi connectivity index (χ2v) is 10.5. The minimum atomic E-state index is -1.33. The van der Waals surface area contributed by atoms with Gasteiger partial charge in [0.05, 0.1) is 11.6 Å². The van der Waals surface area contributed by atoms with E-state index in [-0.39, 0.29) is 29.9 Å². The Kier molecular flexibility index (Phi) is 8.02. The van der Waals surface area contributed by atoms with E-state index in [2.05, 4.69) is 0 Å². The Morgan fingerprint density at radius 2 is 1.71 bits per heavy atom. The van der Waals surface area contributed by atoms with Gasteiger partial charge in [-0.1, -0.05) is 38.2 Å². The van der Waals surface area contributed by atoms with Crippen LogP contribution in [0.15, 0.2) is 18.2 Å². The lowest BCUT2D eigenvalue weighted by atomic mass is 9.75. The van der Waals surface area contributed by atoms with Gasteiger partial charge in [0.1, 0.15) is 5.82 Å². The summed E-state index contributed by atoms with van der Waals surface area (Å²) < 4.78 is 14.2. The standard InChI is InChI=1S/C27H37FN2O4/c28-23-14-18(8-11-22(23)27(33)34)15-24(31)25-21(19-4-2-1-3-5-19)12-13-30(25)26(32)20-9-6-17(16-29)7-10-20/h8,11,14,17,19-21,25H,1-7,9-10,12-13,15-16,29H2,(H,33,34)/t17?,20?,21-,25-/m0/s1. The number of rotatable bonds is 7. The number of aromatic carboxylic acids is 1. The third kappa shape index (κ3) is 5.35. The molecule has 2 saturated carbocycles. The van der Waals surface area contributed by atoms with E-state index >= 15 is 0 Å². The number of hydrogen-bond acceptors (Lipinski definition) is 4. The highest BCUT2D eigenvalue weighted by molar-refractivity contribution is 5.92. The Morgan fingerprint density at radius 3 is 2.32 bits per heavy atom. The molecule has 3 N–H and O–H groups in total. The third-order valence-electron chi connectivity index (χ3n) is 8.48. The molecule has 2 aliphatic carbocycles. The number of hydrogen-bond donors (Lipinski definition) is 2. The molecule has 3 aliphatic rings. The van der Waals surface area contributed by atoms with Crippen molar-refractivity contribution in [3.8, 4) is 0 Å². The van der Waals surface area contributed by atoms with Crippen molar-refractivity contribution in [2.75, 3.05) is 13.1 Å². The van der Waals surface area contributed by atoms with Crippen LogP contribution >= 0.6 is 0 Å². The fourth-order valence-corrected chi connectivity index (χ4v) is 6.56. The molecule has 0 radical (unpaired) electrons. The summed E-state index contributed by atoms with van der Waals surface area (Å²) in [7, 11) is 0. The van der Waals surface area contributed by atoms with Crippen LogP contribution in [0, 0.1) is 29.5 Å². The molecule has 1 aromatic rings. The summed E-state index contributed by atoms with van der Waals surface area (Å²) in [5.74, 6) is -1.09. The second-order valence-electron chi connectivity index (χ2n) is 10.5.